The number of ether oxygens (including phenoxy) is 1. The van der Waals surface area contributed by atoms with Crippen molar-refractivity contribution in [3.63, 3.8) is 0 Å². The summed E-state index contributed by atoms with van der Waals surface area (Å²) >= 11 is 6.07. The zero-order valence-corrected chi connectivity index (χ0v) is 21.9. The molecule has 1 unspecified atom stereocenters. The third-order valence-corrected chi connectivity index (χ3v) is 8.46. The van der Waals surface area contributed by atoms with Crippen LogP contribution in [-0.2, 0) is 4.79 Å². The molecule has 1 aromatic carbocycles. The van der Waals surface area contributed by atoms with Gasteiger partial charge in [0.25, 0.3) is 0 Å². The quantitative estimate of drug-likeness (QED) is 0.303. The van der Waals surface area contributed by atoms with Crippen LogP contribution in [0.1, 0.15) is 60.4 Å². The van der Waals surface area contributed by atoms with E-state index in [4.69, 9.17) is 16.3 Å². The summed E-state index contributed by atoms with van der Waals surface area (Å²) in [7, 11) is 1.49. The van der Waals surface area contributed by atoms with E-state index in [0.29, 0.717) is 42.3 Å². The number of nitrogens with zero attached hydrogens (tertiary/aromatic N) is 3. The average molecular weight is 550 g/mol. The monoisotopic (exact) mass is 549 g/mol. The molecule has 0 bridgehead atoms. The minimum absolute atomic E-state index is 0.0591. The summed E-state index contributed by atoms with van der Waals surface area (Å²) in [5.74, 6) is -1.18. The molecule has 2 aliphatic carbocycles. The molecule has 0 radical (unpaired) electrons. The van der Waals surface area contributed by atoms with Crippen molar-refractivity contribution in [2.45, 2.75) is 62.8 Å². The number of likely N-dealkylation sites (N-methyl/N-ethyl adjacent to an activating group) is 1. The highest BCUT2D eigenvalue weighted by Crippen LogP contribution is 2.44. The molecule has 1 saturated heterocycles. The maximum atomic E-state index is 14.1. The molecule has 2 aromatic rings. The molecule has 6 nitrogen and oxygen atoms in total. The normalized spacial score (nSPS) is 22.9. The van der Waals surface area contributed by atoms with Crippen molar-refractivity contribution in [3.05, 3.63) is 52.7 Å². The van der Waals surface area contributed by atoms with Gasteiger partial charge in [0.2, 0.25) is 5.91 Å². The van der Waals surface area contributed by atoms with Crippen LogP contribution in [0.5, 0.6) is 5.75 Å². The molecule has 1 amide bonds. The van der Waals surface area contributed by atoms with Crippen molar-refractivity contribution >= 4 is 29.6 Å². The van der Waals surface area contributed by atoms with Gasteiger partial charge in [0.05, 0.1) is 11.7 Å². The summed E-state index contributed by atoms with van der Waals surface area (Å²) < 4.78 is 48.0. The number of hydrogen-bond acceptors (Lipinski definition) is 5. The number of pyridine rings is 1. The predicted molar refractivity (Wildman–Crippen MR) is 138 cm³/mol. The first-order chi connectivity index (χ1) is 18.1. The molecule has 204 valence electrons. The number of carbonyl (C=O) groups excluding carboxylic acids is 2. The second kappa shape index (κ2) is 10.8. The number of alkyl halides is 3. The van der Waals surface area contributed by atoms with Crippen molar-refractivity contribution in [3.8, 4) is 5.75 Å². The van der Waals surface area contributed by atoms with Gasteiger partial charge in [-0.2, -0.15) is 13.2 Å². The SMILES string of the molecule is CN(C(=O)C(c1cccc(OC2CC2)c1)C(F)(F)F)C1CC(C2CCN(c3ccc(C=O)c(Cl)n3)CC2)C1. The summed E-state index contributed by atoms with van der Waals surface area (Å²) in [6.45, 7) is 1.58. The van der Waals surface area contributed by atoms with Crippen molar-refractivity contribution in [1.82, 2.24) is 9.88 Å². The number of carbonyl (C=O) groups is 2. The van der Waals surface area contributed by atoms with Gasteiger partial charge in [0.1, 0.15) is 16.7 Å². The fourth-order valence-corrected chi connectivity index (χ4v) is 5.83. The van der Waals surface area contributed by atoms with Crippen molar-refractivity contribution in [2.75, 3.05) is 25.0 Å². The van der Waals surface area contributed by atoms with Gasteiger partial charge >= 0.3 is 6.18 Å². The third kappa shape index (κ3) is 5.77. The first kappa shape index (κ1) is 26.8. The highest BCUT2D eigenvalue weighted by molar-refractivity contribution is 6.31. The fourth-order valence-electron chi connectivity index (χ4n) is 5.63. The van der Waals surface area contributed by atoms with Crippen molar-refractivity contribution in [1.29, 1.82) is 0 Å². The summed E-state index contributed by atoms with van der Waals surface area (Å²) in [4.78, 5) is 31.9. The van der Waals surface area contributed by atoms with Crippen LogP contribution in [0.4, 0.5) is 19.0 Å². The topological polar surface area (TPSA) is 62.7 Å². The van der Waals surface area contributed by atoms with E-state index in [1.54, 1.807) is 18.2 Å². The minimum atomic E-state index is -4.69. The Morgan fingerprint density at radius 1 is 1.13 bits per heavy atom. The number of hydrogen-bond donors (Lipinski definition) is 0. The molecule has 2 heterocycles. The maximum absolute atomic E-state index is 14.1. The van der Waals surface area contributed by atoms with Crippen LogP contribution in [-0.4, -0.2) is 60.5 Å². The molecule has 3 aliphatic rings. The Bertz CT molecular complexity index is 1180. The number of benzene rings is 1. The van der Waals surface area contributed by atoms with E-state index in [1.807, 2.05) is 0 Å². The zero-order chi connectivity index (χ0) is 27.0. The highest BCUT2D eigenvalue weighted by atomic mass is 35.5. The van der Waals surface area contributed by atoms with E-state index in [0.717, 1.165) is 44.6 Å². The second-order valence-corrected chi connectivity index (χ2v) is 11.0. The fraction of sp³-hybridized carbons (Fsp3) is 0.536. The van der Waals surface area contributed by atoms with Crippen molar-refractivity contribution < 1.29 is 27.5 Å². The Morgan fingerprint density at radius 2 is 1.84 bits per heavy atom. The van der Waals surface area contributed by atoms with E-state index in [2.05, 4.69) is 9.88 Å². The van der Waals surface area contributed by atoms with Crippen LogP contribution in [0, 0.1) is 11.8 Å². The molecule has 3 fully saturated rings. The summed E-state index contributed by atoms with van der Waals surface area (Å²) in [6, 6.07) is 9.13. The smallest absolute Gasteiger partial charge is 0.404 e. The van der Waals surface area contributed by atoms with Crippen molar-refractivity contribution in [2.24, 2.45) is 11.8 Å². The van der Waals surface area contributed by atoms with Crippen LogP contribution >= 0.6 is 11.6 Å². The highest BCUT2D eigenvalue weighted by Gasteiger charge is 2.50. The number of rotatable bonds is 8. The van der Waals surface area contributed by atoms with E-state index < -0.39 is 18.0 Å². The third-order valence-electron chi connectivity index (χ3n) is 8.16. The molecule has 38 heavy (non-hydrogen) atoms. The second-order valence-electron chi connectivity index (χ2n) is 10.7. The lowest BCUT2D eigenvalue weighted by Crippen LogP contribution is -2.51. The number of halogens is 4. The molecule has 1 atom stereocenters. The molecule has 5 rings (SSSR count). The summed E-state index contributed by atoms with van der Waals surface area (Å²) in [6.07, 6.45) is 1.13. The van der Waals surface area contributed by atoms with Gasteiger partial charge < -0.3 is 14.5 Å². The van der Waals surface area contributed by atoms with E-state index >= 15 is 0 Å². The van der Waals surface area contributed by atoms with Gasteiger partial charge in [-0.05, 0) is 80.2 Å². The number of amides is 1. The first-order valence-electron chi connectivity index (χ1n) is 13.1. The summed E-state index contributed by atoms with van der Waals surface area (Å²) in [5.41, 5.74) is 0.280. The Labute approximate surface area is 225 Å². The van der Waals surface area contributed by atoms with Gasteiger partial charge in [0, 0.05) is 26.2 Å². The van der Waals surface area contributed by atoms with E-state index in [9.17, 15) is 22.8 Å². The molecule has 1 aromatic heterocycles. The van der Waals surface area contributed by atoms with Gasteiger partial charge in [0.15, 0.2) is 12.2 Å². The molecule has 1 aliphatic heterocycles. The van der Waals surface area contributed by atoms with Crippen LogP contribution in [0.15, 0.2) is 36.4 Å². The van der Waals surface area contributed by atoms with Crippen LogP contribution < -0.4 is 9.64 Å². The number of piperidine rings is 1. The van der Waals surface area contributed by atoms with Gasteiger partial charge in [-0.25, -0.2) is 4.98 Å². The largest absolute Gasteiger partial charge is 0.490 e. The molecule has 0 N–H and O–H groups in total. The molecule has 0 spiro atoms. The minimum Gasteiger partial charge on any atom is -0.490 e. The lowest BCUT2D eigenvalue weighted by Gasteiger charge is -2.47. The number of aromatic nitrogens is 1. The lowest BCUT2D eigenvalue weighted by atomic mass is 9.68. The Kier molecular flexibility index (Phi) is 7.58. The lowest BCUT2D eigenvalue weighted by molar-refractivity contribution is -0.174. The zero-order valence-electron chi connectivity index (χ0n) is 21.2. The Hall–Kier alpha value is -2.81. The van der Waals surface area contributed by atoms with Gasteiger partial charge in [-0.3, -0.25) is 9.59 Å². The Morgan fingerprint density at radius 3 is 2.45 bits per heavy atom. The first-order valence-corrected chi connectivity index (χ1v) is 13.5. The van der Waals surface area contributed by atoms with E-state index in [-0.39, 0.29) is 22.9 Å². The molecular weight excluding hydrogens is 519 g/mol. The standard InChI is InChI=1S/C28H31ClF3N3O3/c1-34(27(37)25(28(30,31)32)18-3-2-4-23(15-18)38-22-6-7-22)21-13-20(14-21)17-9-11-35(12-10-17)24-8-5-19(16-36)26(29)33-24/h2-5,8,15-17,20-22,25H,6-7,9-14H2,1H3. The van der Waals surface area contributed by atoms with Gasteiger partial charge in [-0.1, -0.05) is 23.7 Å². The average Bonchev–Trinajstić information content (AvgIpc) is 3.67. The molecular formula is C28H31ClF3N3O3. The van der Waals surface area contributed by atoms with Crippen LogP contribution in [0.25, 0.3) is 0 Å². The van der Waals surface area contributed by atoms with Crippen LogP contribution in [0.3, 0.4) is 0 Å². The van der Waals surface area contributed by atoms with E-state index in [1.165, 1.54) is 30.1 Å². The number of anilines is 1. The number of aldehydes is 1. The predicted octanol–water partition coefficient (Wildman–Crippen LogP) is 5.89. The summed E-state index contributed by atoms with van der Waals surface area (Å²) in [5, 5.41) is 0.188. The van der Waals surface area contributed by atoms with Crippen LogP contribution in [0.2, 0.25) is 5.15 Å². The molecule has 10 heteroatoms. The molecule has 2 saturated carbocycles. The Balaban J connectivity index is 1.16. The van der Waals surface area contributed by atoms with Gasteiger partial charge in [-0.15, -0.1) is 0 Å². The maximum Gasteiger partial charge on any atom is 0.404 e.